The number of hydrogen-bond donors (Lipinski definition) is 1. The molecule has 0 bridgehead atoms. The first-order valence-electron chi connectivity index (χ1n) is 5.09. The summed E-state index contributed by atoms with van der Waals surface area (Å²) in [4.78, 5) is 0. The number of nitrogens with zero attached hydrogens (tertiary/aromatic N) is 1. The van der Waals surface area contributed by atoms with E-state index in [4.69, 9.17) is 5.26 Å². The summed E-state index contributed by atoms with van der Waals surface area (Å²) >= 11 is 5.20. The van der Waals surface area contributed by atoms with Crippen LogP contribution in [-0.2, 0) is 0 Å². The molecule has 1 unspecified atom stereocenters. The number of hydrogen-bond acceptors (Lipinski definition) is 3. The molecule has 0 saturated heterocycles. The first kappa shape index (κ1) is 13.4. The van der Waals surface area contributed by atoms with Gasteiger partial charge in [-0.15, -0.1) is 0 Å². The molecule has 0 amide bonds. The fraction of sp³-hybridized carbons (Fsp3) is 0.417. The Bertz CT molecular complexity index is 387. The minimum absolute atomic E-state index is 0.602. The van der Waals surface area contributed by atoms with Gasteiger partial charge in [-0.05, 0) is 36.1 Å². The molecule has 1 rings (SSSR count). The average Bonchev–Trinajstić information content (AvgIpc) is 2.27. The van der Waals surface area contributed by atoms with Crippen molar-refractivity contribution in [2.75, 3.05) is 23.9 Å². The molecule has 1 atom stereocenters. The number of rotatable bonds is 5. The average molecular weight is 299 g/mol. The molecule has 0 heterocycles. The number of nitrogens with one attached hydrogen (secondary N) is 1. The molecule has 0 saturated carbocycles. The SMILES string of the molecule is CSCC(C)CNc1ccc(Br)cc1C#N. The molecule has 0 aromatic heterocycles. The Balaban J connectivity index is 2.64. The fourth-order valence-corrected chi connectivity index (χ4v) is 2.44. The fourth-order valence-electron chi connectivity index (χ4n) is 1.39. The molecule has 4 heteroatoms. The van der Waals surface area contributed by atoms with Crippen LogP contribution in [0.2, 0.25) is 0 Å². The Labute approximate surface area is 110 Å². The van der Waals surface area contributed by atoms with E-state index < -0.39 is 0 Å². The number of benzene rings is 1. The van der Waals surface area contributed by atoms with Crippen molar-refractivity contribution in [2.45, 2.75) is 6.92 Å². The summed E-state index contributed by atoms with van der Waals surface area (Å²) in [6.45, 7) is 3.10. The van der Waals surface area contributed by atoms with Crippen LogP contribution in [0.15, 0.2) is 22.7 Å². The van der Waals surface area contributed by atoms with Gasteiger partial charge >= 0.3 is 0 Å². The van der Waals surface area contributed by atoms with Crippen molar-refractivity contribution >= 4 is 33.4 Å². The van der Waals surface area contributed by atoms with Crippen LogP contribution in [0.3, 0.4) is 0 Å². The minimum Gasteiger partial charge on any atom is -0.384 e. The van der Waals surface area contributed by atoms with Crippen molar-refractivity contribution in [2.24, 2.45) is 5.92 Å². The Morgan fingerprint density at radius 3 is 2.94 bits per heavy atom. The van der Waals surface area contributed by atoms with Gasteiger partial charge in [-0.25, -0.2) is 0 Å². The summed E-state index contributed by atoms with van der Waals surface area (Å²) in [6, 6.07) is 7.92. The lowest BCUT2D eigenvalue weighted by atomic mass is 10.1. The molecular weight excluding hydrogens is 284 g/mol. The van der Waals surface area contributed by atoms with E-state index in [2.05, 4.69) is 40.5 Å². The largest absolute Gasteiger partial charge is 0.384 e. The van der Waals surface area contributed by atoms with Gasteiger partial charge in [0.25, 0.3) is 0 Å². The summed E-state index contributed by atoms with van der Waals surface area (Å²) in [5.74, 6) is 1.73. The normalized spacial score (nSPS) is 11.9. The van der Waals surface area contributed by atoms with Gasteiger partial charge in [0.1, 0.15) is 6.07 Å². The zero-order valence-corrected chi connectivity index (χ0v) is 11.9. The van der Waals surface area contributed by atoms with Crippen LogP contribution in [0, 0.1) is 17.2 Å². The molecule has 0 fully saturated rings. The second-order valence-electron chi connectivity index (χ2n) is 3.74. The van der Waals surface area contributed by atoms with E-state index in [-0.39, 0.29) is 0 Å². The molecule has 0 aliphatic carbocycles. The minimum atomic E-state index is 0.602. The summed E-state index contributed by atoms with van der Waals surface area (Å²) in [5.41, 5.74) is 1.60. The van der Waals surface area contributed by atoms with Crippen LogP contribution in [0.1, 0.15) is 12.5 Å². The molecule has 0 spiro atoms. The molecule has 1 aromatic carbocycles. The molecule has 2 nitrogen and oxygen atoms in total. The van der Waals surface area contributed by atoms with Gasteiger partial charge in [-0.3, -0.25) is 0 Å². The Morgan fingerprint density at radius 2 is 2.31 bits per heavy atom. The van der Waals surface area contributed by atoms with E-state index in [0.29, 0.717) is 11.5 Å². The zero-order valence-electron chi connectivity index (χ0n) is 9.46. The molecule has 0 radical (unpaired) electrons. The van der Waals surface area contributed by atoms with E-state index in [1.807, 2.05) is 30.0 Å². The predicted molar refractivity (Wildman–Crippen MR) is 74.9 cm³/mol. The summed E-state index contributed by atoms with van der Waals surface area (Å²) in [7, 11) is 0. The van der Waals surface area contributed by atoms with E-state index in [1.54, 1.807) is 0 Å². The molecule has 1 aromatic rings. The lowest BCUT2D eigenvalue weighted by Crippen LogP contribution is -2.13. The van der Waals surface area contributed by atoms with Crippen LogP contribution in [0.5, 0.6) is 0 Å². The highest BCUT2D eigenvalue weighted by atomic mass is 79.9. The standard InChI is InChI=1S/C12H15BrN2S/c1-9(8-16-2)7-15-12-4-3-11(13)5-10(12)6-14/h3-5,9,15H,7-8H2,1-2H3. The maximum Gasteiger partial charge on any atom is 0.101 e. The topological polar surface area (TPSA) is 35.8 Å². The first-order valence-corrected chi connectivity index (χ1v) is 7.28. The van der Waals surface area contributed by atoms with Crippen molar-refractivity contribution < 1.29 is 0 Å². The zero-order chi connectivity index (χ0) is 12.0. The second-order valence-corrected chi connectivity index (χ2v) is 5.57. The maximum atomic E-state index is 9.00. The van der Waals surface area contributed by atoms with E-state index in [0.717, 1.165) is 22.5 Å². The first-order chi connectivity index (χ1) is 7.67. The monoisotopic (exact) mass is 298 g/mol. The van der Waals surface area contributed by atoms with Gasteiger partial charge in [0.05, 0.1) is 11.3 Å². The van der Waals surface area contributed by atoms with Crippen molar-refractivity contribution in [1.82, 2.24) is 0 Å². The Morgan fingerprint density at radius 1 is 1.56 bits per heavy atom. The number of nitriles is 1. The van der Waals surface area contributed by atoms with Gasteiger partial charge in [0.2, 0.25) is 0 Å². The third-order valence-electron chi connectivity index (χ3n) is 2.19. The van der Waals surface area contributed by atoms with Crippen LogP contribution >= 0.6 is 27.7 Å². The van der Waals surface area contributed by atoms with Crippen LogP contribution in [-0.4, -0.2) is 18.6 Å². The van der Waals surface area contributed by atoms with Crippen LogP contribution in [0.25, 0.3) is 0 Å². The quantitative estimate of drug-likeness (QED) is 0.900. The van der Waals surface area contributed by atoms with E-state index in [9.17, 15) is 0 Å². The third-order valence-corrected chi connectivity index (χ3v) is 3.59. The third kappa shape index (κ3) is 4.07. The molecule has 86 valence electrons. The molecule has 1 N–H and O–H groups in total. The van der Waals surface area contributed by atoms with E-state index in [1.165, 1.54) is 0 Å². The van der Waals surface area contributed by atoms with Gasteiger partial charge in [0, 0.05) is 11.0 Å². The van der Waals surface area contributed by atoms with Crippen molar-refractivity contribution in [3.63, 3.8) is 0 Å². The van der Waals surface area contributed by atoms with Gasteiger partial charge in [0.15, 0.2) is 0 Å². The molecule has 0 aliphatic heterocycles. The Hall–Kier alpha value is -0.660. The van der Waals surface area contributed by atoms with Crippen LogP contribution in [0.4, 0.5) is 5.69 Å². The number of thioether (sulfide) groups is 1. The number of anilines is 1. The highest BCUT2D eigenvalue weighted by molar-refractivity contribution is 9.10. The number of halogens is 1. The van der Waals surface area contributed by atoms with Crippen molar-refractivity contribution in [3.8, 4) is 6.07 Å². The molecule has 0 aliphatic rings. The molecule has 16 heavy (non-hydrogen) atoms. The van der Waals surface area contributed by atoms with Gasteiger partial charge in [-0.1, -0.05) is 22.9 Å². The lowest BCUT2D eigenvalue weighted by molar-refractivity contribution is 0.701. The van der Waals surface area contributed by atoms with Crippen molar-refractivity contribution in [3.05, 3.63) is 28.2 Å². The summed E-state index contributed by atoms with van der Waals surface area (Å²) in [5, 5.41) is 12.3. The summed E-state index contributed by atoms with van der Waals surface area (Å²) < 4.78 is 0.937. The predicted octanol–water partition coefficient (Wildman–Crippen LogP) is 3.73. The van der Waals surface area contributed by atoms with Crippen molar-refractivity contribution in [1.29, 1.82) is 5.26 Å². The van der Waals surface area contributed by atoms with Gasteiger partial charge < -0.3 is 5.32 Å². The summed E-state index contributed by atoms with van der Waals surface area (Å²) in [6.07, 6.45) is 2.11. The highest BCUT2D eigenvalue weighted by Gasteiger charge is 2.05. The smallest absolute Gasteiger partial charge is 0.101 e. The lowest BCUT2D eigenvalue weighted by Gasteiger charge is -2.13. The maximum absolute atomic E-state index is 9.00. The van der Waals surface area contributed by atoms with E-state index >= 15 is 0 Å². The molecular formula is C12H15BrN2S. The Kier molecular flexibility index (Phi) is 5.72. The van der Waals surface area contributed by atoms with Gasteiger partial charge in [-0.2, -0.15) is 17.0 Å². The second kappa shape index (κ2) is 6.82. The van der Waals surface area contributed by atoms with Crippen LogP contribution < -0.4 is 5.32 Å². The highest BCUT2D eigenvalue weighted by Crippen LogP contribution is 2.20.